The molecule has 7 nitrogen and oxygen atoms in total. The van der Waals surface area contributed by atoms with E-state index in [4.69, 9.17) is 9.47 Å². The molecule has 1 aliphatic rings. The fourth-order valence-electron chi connectivity index (χ4n) is 4.29. The largest absolute Gasteiger partial charge is 0.489 e. The fraction of sp³-hybridized carbons (Fsp3) is 0.379. The lowest BCUT2D eigenvalue weighted by atomic mass is 10.1. The van der Waals surface area contributed by atoms with Crippen LogP contribution in [0.4, 0.5) is 11.5 Å². The number of carbonyl (C=O) groups excluding carboxylic acids is 1. The quantitative estimate of drug-likeness (QED) is 0.408. The summed E-state index contributed by atoms with van der Waals surface area (Å²) in [6.45, 7) is 8.48. The zero-order valence-electron chi connectivity index (χ0n) is 21.7. The molecule has 190 valence electrons. The number of carbonyl (C=O) groups is 1. The van der Waals surface area contributed by atoms with Gasteiger partial charge in [0.15, 0.2) is 0 Å². The molecule has 0 aliphatic carbocycles. The van der Waals surface area contributed by atoms with Gasteiger partial charge in [0.05, 0.1) is 6.10 Å². The average Bonchev–Trinajstić information content (AvgIpc) is 2.88. The monoisotopic (exact) mass is 488 g/mol. The Kier molecular flexibility index (Phi) is 8.44. The molecule has 4 rings (SSSR count). The van der Waals surface area contributed by atoms with E-state index in [9.17, 15) is 4.79 Å². The molecule has 3 aromatic rings. The molecule has 0 spiro atoms. The van der Waals surface area contributed by atoms with Gasteiger partial charge in [0.2, 0.25) is 0 Å². The van der Waals surface area contributed by atoms with Crippen LogP contribution in [0.15, 0.2) is 66.9 Å². The smallest absolute Gasteiger partial charge is 0.342 e. The highest BCUT2D eigenvalue weighted by atomic mass is 16.5. The Morgan fingerprint density at radius 1 is 0.972 bits per heavy atom. The van der Waals surface area contributed by atoms with Crippen molar-refractivity contribution in [3.8, 4) is 5.75 Å². The van der Waals surface area contributed by atoms with Crippen molar-refractivity contribution >= 4 is 17.5 Å². The van der Waals surface area contributed by atoms with E-state index in [-0.39, 0.29) is 12.1 Å². The van der Waals surface area contributed by atoms with Crippen LogP contribution in [-0.4, -0.2) is 62.2 Å². The maximum Gasteiger partial charge on any atom is 0.342 e. The van der Waals surface area contributed by atoms with E-state index in [1.54, 1.807) is 18.3 Å². The van der Waals surface area contributed by atoms with Gasteiger partial charge in [0, 0.05) is 58.7 Å². The summed E-state index contributed by atoms with van der Waals surface area (Å²) in [5.74, 6) is 1.26. The van der Waals surface area contributed by atoms with Crippen molar-refractivity contribution in [1.29, 1.82) is 0 Å². The normalized spacial score (nSPS) is 14.1. The summed E-state index contributed by atoms with van der Waals surface area (Å²) in [6.07, 6.45) is 1.57. The molecule has 0 saturated carbocycles. The number of nitrogens with zero attached hydrogens (tertiary/aromatic N) is 4. The summed E-state index contributed by atoms with van der Waals surface area (Å²) in [5.41, 5.74) is 4.06. The molecule has 0 atom stereocenters. The molecule has 0 amide bonds. The van der Waals surface area contributed by atoms with Crippen LogP contribution in [0.25, 0.3) is 0 Å². The Hall–Kier alpha value is -3.58. The van der Waals surface area contributed by atoms with Gasteiger partial charge in [-0.25, -0.2) is 9.78 Å². The van der Waals surface area contributed by atoms with Crippen molar-refractivity contribution in [1.82, 2.24) is 9.88 Å². The molecular weight excluding hydrogens is 452 g/mol. The Bertz CT molecular complexity index is 1160. The number of anilines is 2. The van der Waals surface area contributed by atoms with Crippen LogP contribution in [0.2, 0.25) is 0 Å². The molecule has 36 heavy (non-hydrogen) atoms. The molecule has 0 radical (unpaired) electrons. The van der Waals surface area contributed by atoms with Gasteiger partial charge in [-0.3, -0.25) is 4.90 Å². The molecular formula is C29H36N4O3. The van der Waals surface area contributed by atoms with Crippen LogP contribution in [0.3, 0.4) is 0 Å². The number of ether oxygens (including phenoxy) is 2. The Morgan fingerprint density at radius 3 is 2.47 bits per heavy atom. The maximum absolute atomic E-state index is 12.5. The van der Waals surface area contributed by atoms with Crippen molar-refractivity contribution in [3.63, 3.8) is 0 Å². The number of aromatic nitrogens is 1. The molecule has 1 aliphatic heterocycles. The minimum atomic E-state index is -0.319. The highest BCUT2D eigenvalue weighted by Crippen LogP contribution is 2.22. The first-order chi connectivity index (χ1) is 17.4. The lowest BCUT2D eigenvalue weighted by molar-refractivity contribution is 0.0378. The first-order valence-corrected chi connectivity index (χ1v) is 12.5. The van der Waals surface area contributed by atoms with Crippen molar-refractivity contribution in [2.24, 2.45) is 0 Å². The number of pyridine rings is 1. The number of hydrogen-bond donors (Lipinski definition) is 0. The summed E-state index contributed by atoms with van der Waals surface area (Å²) in [7, 11) is 4.08. The lowest BCUT2D eigenvalue weighted by Crippen LogP contribution is -2.46. The topological polar surface area (TPSA) is 58.1 Å². The summed E-state index contributed by atoms with van der Waals surface area (Å²) in [4.78, 5) is 23.7. The maximum atomic E-state index is 12.5. The fourth-order valence-corrected chi connectivity index (χ4v) is 4.29. The van der Waals surface area contributed by atoms with Gasteiger partial charge in [-0.15, -0.1) is 0 Å². The van der Waals surface area contributed by atoms with Crippen LogP contribution in [0.5, 0.6) is 5.75 Å². The summed E-state index contributed by atoms with van der Waals surface area (Å²) in [5, 5.41) is 0. The van der Waals surface area contributed by atoms with E-state index in [1.165, 1.54) is 11.3 Å². The van der Waals surface area contributed by atoms with Gasteiger partial charge in [-0.2, -0.15) is 0 Å². The number of piperazine rings is 1. The number of hydrogen-bond acceptors (Lipinski definition) is 7. The molecule has 2 aromatic carbocycles. The number of esters is 1. The average molecular weight is 489 g/mol. The summed E-state index contributed by atoms with van der Waals surface area (Å²) in [6, 6.07) is 20.3. The van der Waals surface area contributed by atoms with E-state index in [0.717, 1.165) is 44.0 Å². The predicted octanol–water partition coefficient (Wildman–Crippen LogP) is 4.61. The highest BCUT2D eigenvalue weighted by Gasteiger charge is 2.23. The van der Waals surface area contributed by atoms with E-state index in [2.05, 4.69) is 62.1 Å². The van der Waals surface area contributed by atoms with Gasteiger partial charge < -0.3 is 19.3 Å². The second kappa shape index (κ2) is 11.9. The molecule has 1 saturated heterocycles. The molecule has 2 heterocycles. The minimum Gasteiger partial charge on any atom is -0.489 e. The molecule has 0 bridgehead atoms. The molecule has 1 aromatic heterocycles. The SMILES string of the molecule is CC(C)OC(=O)c1cccnc1N1CCN(Cc2cccc(OCc3cccc(N(C)C)c3)c2)CC1. The lowest BCUT2D eigenvalue weighted by Gasteiger charge is -2.36. The predicted molar refractivity (Wildman–Crippen MR) is 144 cm³/mol. The number of rotatable bonds is 9. The number of benzene rings is 2. The van der Waals surface area contributed by atoms with Gasteiger partial charge in [0.25, 0.3) is 0 Å². The van der Waals surface area contributed by atoms with E-state index in [0.29, 0.717) is 18.0 Å². The van der Waals surface area contributed by atoms with Gasteiger partial charge >= 0.3 is 5.97 Å². The minimum absolute atomic E-state index is 0.162. The molecule has 0 unspecified atom stereocenters. The first-order valence-electron chi connectivity index (χ1n) is 12.5. The third-order valence-corrected chi connectivity index (χ3v) is 6.16. The van der Waals surface area contributed by atoms with Gasteiger partial charge in [-0.05, 0) is 61.4 Å². The summed E-state index contributed by atoms with van der Waals surface area (Å²) < 4.78 is 11.5. The summed E-state index contributed by atoms with van der Waals surface area (Å²) >= 11 is 0. The zero-order valence-corrected chi connectivity index (χ0v) is 21.7. The van der Waals surface area contributed by atoms with Gasteiger partial charge in [-0.1, -0.05) is 24.3 Å². The standard InChI is InChI=1S/C29H36N4O3/c1-22(2)36-29(34)27-12-7-13-30-28(27)33-16-14-32(15-17-33)20-23-8-6-11-26(19-23)35-21-24-9-5-10-25(18-24)31(3)4/h5-13,18-19,22H,14-17,20-21H2,1-4H3. The van der Waals surface area contributed by atoms with Crippen molar-refractivity contribution in [2.45, 2.75) is 33.1 Å². The van der Waals surface area contributed by atoms with Crippen molar-refractivity contribution in [3.05, 3.63) is 83.6 Å². The van der Waals surface area contributed by atoms with Crippen LogP contribution >= 0.6 is 0 Å². The van der Waals surface area contributed by atoms with Crippen LogP contribution in [0, 0.1) is 0 Å². The second-order valence-electron chi connectivity index (χ2n) is 9.59. The Labute approximate surface area is 214 Å². The zero-order chi connectivity index (χ0) is 25.5. The van der Waals surface area contributed by atoms with Crippen molar-refractivity contribution < 1.29 is 14.3 Å². The van der Waals surface area contributed by atoms with Crippen LogP contribution in [-0.2, 0) is 17.9 Å². The van der Waals surface area contributed by atoms with Gasteiger partial charge in [0.1, 0.15) is 23.7 Å². The van der Waals surface area contributed by atoms with E-state index >= 15 is 0 Å². The molecule has 7 heteroatoms. The Balaban J connectivity index is 1.32. The molecule has 0 N–H and O–H groups in total. The Morgan fingerprint density at radius 2 is 1.72 bits per heavy atom. The van der Waals surface area contributed by atoms with Crippen LogP contribution in [0.1, 0.15) is 35.3 Å². The van der Waals surface area contributed by atoms with E-state index < -0.39 is 0 Å². The van der Waals surface area contributed by atoms with Crippen LogP contribution < -0.4 is 14.5 Å². The highest BCUT2D eigenvalue weighted by molar-refractivity contribution is 5.94. The second-order valence-corrected chi connectivity index (χ2v) is 9.59. The first kappa shape index (κ1) is 25.5. The van der Waals surface area contributed by atoms with E-state index in [1.807, 2.05) is 34.0 Å². The van der Waals surface area contributed by atoms with Crippen molar-refractivity contribution in [2.75, 3.05) is 50.1 Å². The third kappa shape index (κ3) is 6.76. The molecule has 1 fully saturated rings. The third-order valence-electron chi connectivity index (χ3n) is 6.16.